The minimum Gasteiger partial charge on any atom is -0.465 e. The summed E-state index contributed by atoms with van der Waals surface area (Å²) in [5.74, 6) is 0. The number of carboxylic acid groups (broad SMARTS) is 1. The van der Waals surface area contributed by atoms with Crippen LogP contribution in [0.4, 0.5) is 16.2 Å². The maximum Gasteiger partial charge on any atom is 0.411 e. The molecule has 0 aliphatic heterocycles. The van der Waals surface area contributed by atoms with Gasteiger partial charge in [0.2, 0.25) is 0 Å². The van der Waals surface area contributed by atoms with Crippen LogP contribution < -0.4 is 4.90 Å². The molecule has 0 aromatic heterocycles. The Labute approximate surface area is 89.8 Å². The lowest BCUT2D eigenvalue weighted by atomic mass is 10.2. The van der Waals surface area contributed by atoms with Crippen molar-refractivity contribution in [1.29, 1.82) is 0 Å². The second-order valence-electron chi connectivity index (χ2n) is 2.73. The van der Waals surface area contributed by atoms with Gasteiger partial charge in [0.15, 0.2) is 0 Å². The molecule has 1 rings (SSSR count). The lowest BCUT2D eigenvalue weighted by molar-refractivity contribution is -0.384. The van der Waals surface area contributed by atoms with Gasteiger partial charge in [0.25, 0.3) is 5.69 Å². The summed E-state index contributed by atoms with van der Waals surface area (Å²) in [6.07, 6.45) is -1.28. The van der Waals surface area contributed by atoms with Gasteiger partial charge in [0.1, 0.15) is 5.69 Å². The maximum absolute atomic E-state index is 10.6. The van der Waals surface area contributed by atoms with Gasteiger partial charge in [-0.15, -0.1) is 0 Å². The highest BCUT2D eigenvalue weighted by molar-refractivity contribution is 6.31. The minimum atomic E-state index is -1.28. The van der Waals surface area contributed by atoms with Gasteiger partial charge in [0, 0.05) is 18.1 Å². The first-order valence-electron chi connectivity index (χ1n) is 3.84. The van der Waals surface area contributed by atoms with E-state index in [9.17, 15) is 14.9 Å². The molecule has 0 fully saturated rings. The van der Waals surface area contributed by atoms with Crippen molar-refractivity contribution in [3.05, 3.63) is 33.3 Å². The van der Waals surface area contributed by atoms with Crippen molar-refractivity contribution < 1.29 is 14.8 Å². The van der Waals surface area contributed by atoms with E-state index in [0.29, 0.717) is 0 Å². The third kappa shape index (κ3) is 2.35. The Morgan fingerprint density at radius 1 is 1.60 bits per heavy atom. The third-order valence-electron chi connectivity index (χ3n) is 1.78. The lowest BCUT2D eigenvalue weighted by Gasteiger charge is -2.12. The van der Waals surface area contributed by atoms with Crippen LogP contribution in [-0.2, 0) is 0 Å². The van der Waals surface area contributed by atoms with E-state index in [1.54, 1.807) is 0 Å². The van der Waals surface area contributed by atoms with Gasteiger partial charge in [-0.2, -0.15) is 0 Å². The monoisotopic (exact) mass is 230 g/mol. The average Bonchev–Trinajstić information content (AvgIpc) is 2.16. The fourth-order valence-electron chi connectivity index (χ4n) is 1.03. The lowest BCUT2D eigenvalue weighted by Crippen LogP contribution is -2.24. The van der Waals surface area contributed by atoms with Crippen LogP contribution in [0, 0.1) is 10.1 Å². The fraction of sp³-hybridized carbons (Fsp3) is 0.125. The van der Waals surface area contributed by atoms with Crippen molar-refractivity contribution in [2.45, 2.75) is 0 Å². The van der Waals surface area contributed by atoms with Crippen LogP contribution in [0.5, 0.6) is 0 Å². The van der Waals surface area contributed by atoms with Gasteiger partial charge < -0.3 is 5.11 Å². The average molecular weight is 231 g/mol. The van der Waals surface area contributed by atoms with Gasteiger partial charge in [-0.25, -0.2) is 4.79 Å². The smallest absolute Gasteiger partial charge is 0.411 e. The Kier molecular flexibility index (Phi) is 3.11. The maximum atomic E-state index is 10.6. The standard InChI is InChI=1S/C8H7ClN2O4/c1-10(8(12)13)6-3-2-5(9)4-7(6)11(14)15/h2-4H,1H3,(H,12,13). The second kappa shape index (κ2) is 4.14. The number of amides is 1. The van der Waals surface area contributed by atoms with Crippen LogP contribution in [0.1, 0.15) is 0 Å². The number of nitrogens with zero attached hydrogens (tertiary/aromatic N) is 2. The van der Waals surface area contributed by atoms with Crippen LogP contribution in [0.25, 0.3) is 0 Å². The van der Waals surface area contributed by atoms with Gasteiger partial charge >= 0.3 is 6.09 Å². The number of hydrogen-bond acceptors (Lipinski definition) is 3. The zero-order valence-corrected chi connectivity index (χ0v) is 8.43. The summed E-state index contributed by atoms with van der Waals surface area (Å²) in [7, 11) is 1.22. The normalized spacial score (nSPS) is 9.73. The topological polar surface area (TPSA) is 83.7 Å². The molecule has 6 nitrogen and oxygen atoms in total. The van der Waals surface area contributed by atoms with E-state index in [4.69, 9.17) is 16.7 Å². The number of carbonyl (C=O) groups is 1. The highest BCUT2D eigenvalue weighted by Crippen LogP contribution is 2.30. The molecule has 0 aliphatic carbocycles. The molecule has 1 amide bonds. The first-order chi connectivity index (χ1) is 6.93. The predicted octanol–water partition coefficient (Wildman–Crippen LogP) is 2.36. The van der Waals surface area contributed by atoms with E-state index in [-0.39, 0.29) is 16.4 Å². The van der Waals surface area contributed by atoms with E-state index in [2.05, 4.69) is 0 Å². The summed E-state index contributed by atoms with van der Waals surface area (Å²) in [5.41, 5.74) is -0.357. The number of anilines is 1. The van der Waals surface area contributed by atoms with Gasteiger partial charge in [0.05, 0.1) is 4.92 Å². The molecule has 7 heteroatoms. The molecule has 0 heterocycles. The van der Waals surface area contributed by atoms with Crippen LogP contribution in [-0.4, -0.2) is 23.2 Å². The molecule has 1 aromatic rings. The van der Waals surface area contributed by atoms with Crippen molar-refractivity contribution in [2.75, 3.05) is 11.9 Å². The van der Waals surface area contributed by atoms with E-state index in [0.717, 1.165) is 11.0 Å². The molecule has 0 radical (unpaired) electrons. The zero-order chi connectivity index (χ0) is 11.6. The fourth-order valence-corrected chi connectivity index (χ4v) is 1.20. The van der Waals surface area contributed by atoms with Crippen LogP contribution in [0.3, 0.4) is 0 Å². The Morgan fingerprint density at radius 2 is 2.20 bits per heavy atom. The zero-order valence-electron chi connectivity index (χ0n) is 7.68. The summed E-state index contributed by atoms with van der Waals surface area (Å²) in [6, 6.07) is 3.79. The van der Waals surface area contributed by atoms with Gasteiger partial charge in [-0.05, 0) is 12.1 Å². The first kappa shape index (κ1) is 11.3. The van der Waals surface area contributed by atoms with Gasteiger partial charge in [-0.3, -0.25) is 15.0 Å². The molecule has 1 N–H and O–H groups in total. The van der Waals surface area contributed by atoms with Crippen molar-refractivity contribution in [3.8, 4) is 0 Å². The highest BCUT2D eigenvalue weighted by Gasteiger charge is 2.20. The van der Waals surface area contributed by atoms with E-state index in [1.807, 2.05) is 0 Å². The number of nitro benzene ring substituents is 1. The molecule has 0 bridgehead atoms. The largest absolute Gasteiger partial charge is 0.465 e. The van der Waals surface area contributed by atoms with Crippen molar-refractivity contribution in [1.82, 2.24) is 0 Å². The quantitative estimate of drug-likeness (QED) is 0.624. The van der Waals surface area contributed by atoms with E-state index >= 15 is 0 Å². The molecular formula is C8H7ClN2O4. The Balaban J connectivity index is 3.28. The highest BCUT2D eigenvalue weighted by atomic mass is 35.5. The molecule has 0 saturated heterocycles. The molecule has 0 saturated carbocycles. The SMILES string of the molecule is CN(C(=O)O)c1ccc(Cl)cc1[N+](=O)[O-]. The van der Waals surface area contributed by atoms with Crippen LogP contribution in [0.2, 0.25) is 5.02 Å². The molecule has 80 valence electrons. The Hall–Kier alpha value is -1.82. The van der Waals surface area contributed by atoms with E-state index in [1.165, 1.54) is 19.2 Å². The Bertz CT molecular complexity index is 421. The Morgan fingerprint density at radius 3 is 2.67 bits per heavy atom. The molecule has 0 spiro atoms. The summed E-state index contributed by atoms with van der Waals surface area (Å²) < 4.78 is 0. The third-order valence-corrected chi connectivity index (χ3v) is 2.02. The number of benzene rings is 1. The van der Waals surface area contributed by atoms with Crippen molar-refractivity contribution >= 4 is 29.1 Å². The molecule has 15 heavy (non-hydrogen) atoms. The predicted molar refractivity (Wildman–Crippen MR) is 54.5 cm³/mol. The minimum absolute atomic E-state index is 0.0168. The molecule has 1 aromatic carbocycles. The number of rotatable bonds is 2. The molecule has 0 atom stereocenters. The first-order valence-corrected chi connectivity index (χ1v) is 4.22. The summed E-state index contributed by atoms with van der Waals surface area (Å²) in [4.78, 5) is 21.3. The molecule has 0 unspecified atom stereocenters. The molecular weight excluding hydrogens is 224 g/mol. The summed E-state index contributed by atoms with van der Waals surface area (Å²) in [5, 5.41) is 19.5. The van der Waals surface area contributed by atoms with E-state index < -0.39 is 11.0 Å². The number of nitro groups is 1. The van der Waals surface area contributed by atoms with Gasteiger partial charge in [-0.1, -0.05) is 11.6 Å². The number of halogens is 1. The van der Waals surface area contributed by atoms with Crippen molar-refractivity contribution in [2.24, 2.45) is 0 Å². The van der Waals surface area contributed by atoms with Crippen LogP contribution >= 0.6 is 11.6 Å². The molecule has 0 aliphatic rings. The van der Waals surface area contributed by atoms with Crippen molar-refractivity contribution in [3.63, 3.8) is 0 Å². The second-order valence-corrected chi connectivity index (χ2v) is 3.17. The van der Waals surface area contributed by atoms with Crippen LogP contribution in [0.15, 0.2) is 18.2 Å². The number of hydrogen-bond donors (Lipinski definition) is 1. The summed E-state index contributed by atoms with van der Waals surface area (Å²) >= 11 is 5.57. The summed E-state index contributed by atoms with van der Waals surface area (Å²) in [6.45, 7) is 0.